The van der Waals surface area contributed by atoms with Crippen LogP contribution < -0.4 is 10.1 Å². The maximum absolute atomic E-state index is 11.5. The molecule has 7 heteroatoms. The normalized spacial score (nSPS) is 9.89. The molecule has 2 N–H and O–H groups in total. The fourth-order valence-electron chi connectivity index (χ4n) is 1.25. The smallest absolute Gasteiger partial charge is 0.355 e. The van der Waals surface area contributed by atoms with E-state index in [9.17, 15) is 9.59 Å². The van der Waals surface area contributed by atoms with Crippen molar-refractivity contribution in [2.24, 2.45) is 0 Å². The number of nitrogens with one attached hydrogen (secondary N) is 1. The third kappa shape index (κ3) is 3.78. The molecule has 2 rings (SSSR count). The second-order valence-corrected chi connectivity index (χ2v) is 4.35. The van der Waals surface area contributed by atoms with Crippen LogP contribution in [0, 0.1) is 0 Å². The molecule has 0 unspecified atom stereocenters. The molecule has 1 aromatic heterocycles. The summed E-state index contributed by atoms with van der Waals surface area (Å²) < 4.78 is 5.24. The Bertz CT molecular complexity index is 582. The van der Waals surface area contributed by atoms with Crippen LogP contribution in [0.4, 0.5) is 5.13 Å². The number of ether oxygens (including phenoxy) is 1. The van der Waals surface area contributed by atoms with Crippen LogP contribution in [0.5, 0.6) is 5.75 Å². The summed E-state index contributed by atoms with van der Waals surface area (Å²) in [6.07, 6.45) is 0. The average molecular weight is 278 g/mol. The van der Waals surface area contributed by atoms with E-state index in [-0.39, 0.29) is 17.4 Å². The van der Waals surface area contributed by atoms with E-state index in [4.69, 9.17) is 9.84 Å². The fraction of sp³-hybridized carbons (Fsp3) is 0.0833. The van der Waals surface area contributed by atoms with E-state index >= 15 is 0 Å². The lowest BCUT2D eigenvalue weighted by atomic mass is 10.3. The van der Waals surface area contributed by atoms with Crippen LogP contribution >= 0.6 is 11.3 Å². The number of aromatic carboxylic acids is 1. The minimum Gasteiger partial charge on any atom is -0.484 e. The van der Waals surface area contributed by atoms with Gasteiger partial charge in [-0.15, -0.1) is 11.3 Å². The number of aromatic nitrogens is 1. The van der Waals surface area contributed by atoms with Crippen LogP contribution in [0.3, 0.4) is 0 Å². The molecule has 0 saturated carbocycles. The number of carbonyl (C=O) groups is 2. The summed E-state index contributed by atoms with van der Waals surface area (Å²) in [5.74, 6) is -0.935. The van der Waals surface area contributed by atoms with Gasteiger partial charge in [-0.1, -0.05) is 18.2 Å². The molecule has 98 valence electrons. The summed E-state index contributed by atoms with van der Waals surface area (Å²) in [6, 6.07) is 8.91. The Labute approximate surface area is 112 Å². The minimum absolute atomic E-state index is 0.0933. The largest absolute Gasteiger partial charge is 0.484 e. The van der Waals surface area contributed by atoms with E-state index in [1.165, 1.54) is 5.38 Å². The Morgan fingerprint density at radius 2 is 2.05 bits per heavy atom. The molecule has 0 aliphatic rings. The van der Waals surface area contributed by atoms with Gasteiger partial charge < -0.3 is 9.84 Å². The molecule has 0 aliphatic carbocycles. The quantitative estimate of drug-likeness (QED) is 0.871. The summed E-state index contributed by atoms with van der Waals surface area (Å²) in [5, 5.41) is 12.8. The van der Waals surface area contributed by atoms with Gasteiger partial charge in [-0.05, 0) is 12.1 Å². The number of benzene rings is 1. The molecule has 0 fully saturated rings. The van der Waals surface area contributed by atoms with Crippen LogP contribution in [0.15, 0.2) is 35.7 Å². The number of carboxylic acids is 1. The van der Waals surface area contributed by atoms with Crippen LogP contribution in [0.2, 0.25) is 0 Å². The number of carboxylic acid groups (broad SMARTS) is 1. The highest BCUT2D eigenvalue weighted by atomic mass is 32.1. The third-order valence-electron chi connectivity index (χ3n) is 2.08. The van der Waals surface area contributed by atoms with Gasteiger partial charge in [0.15, 0.2) is 17.4 Å². The molecule has 0 radical (unpaired) electrons. The molecule has 1 heterocycles. The molecule has 0 bridgehead atoms. The highest BCUT2D eigenvalue weighted by Gasteiger charge is 2.11. The number of hydrogen-bond acceptors (Lipinski definition) is 5. The van der Waals surface area contributed by atoms with E-state index < -0.39 is 11.9 Å². The third-order valence-corrected chi connectivity index (χ3v) is 2.84. The van der Waals surface area contributed by atoms with E-state index in [2.05, 4.69) is 10.3 Å². The Balaban J connectivity index is 1.85. The van der Waals surface area contributed by atoms with Gasteiger partial charge in [0.05, 0.1) is 0 Å². The summed E-state index contributed by atoms with van der Waals surface area (Å²) in [5.41, 5.74) is -0.0933. The zero-order valence-electron chi connectivity index (χ0n) is 9.70. The van der Waals surface area contributed by atoms with Crippen molar-refractivity contribution in [1.82, 2.24) is 4.98 Å². The van der Waals surface area contributed by atoms with Gasteiger partial charge in [0.1, 0.15) is 5.75 Å². The van der Waals surface area contributed by atoms with Crippen molar-refractivity contribution in [3.63, 3.8) is 0 Å². The first kappa shape index (κ1) is 13.0. The van der Waals surface area contributed by atoms with Crippen molar-refractivity contribution in [3.05, 3.63) is 41.4 Å². The van der Waals surface area contributed by atoms with Crippen molar-refractivity contribution in [2.75, 3.05) is 11.9 Å². The van der Waals surface area contributed by atoms with Gasteiger partial charge in [-0.25, -0.2) is 9.78 Å². The lowest BCUT2D eigenvalue weighted by Gasteiger charge is -2.04. The lowest BCUT2D eigenvalue weighted by Crippen LogP contribution is -2.20. The molecular weight excluding hydrogens is 268 g/mol. The van der Waals surface area contributed by atoms with Gasteiger partial charge in [-0.2, -0.15) is 0 Å². The van der Waals surface area contributed by atoms with Gasteiger partial charge in [0, 0.05) is 5.38 Å². The molecule has 19 heavy (non-hydrogen) atoms. The Morgan fingerprint density at radius 1 is 1.32 bits per heavy atom. The van der Waals surface area contributed by atoms with E-state index in [0.29, 0.717) is 5.75 Å². The summed E-state index contributed by atoms with van der Waals surface area (Å²) in [4.78, 5) is 25.9. The second-order valence-electron chi connectivity index (χ2n) is 3.49. The molecular formula is C12H10N2O4S. The van der Waals surface area contributed by atoms with Gasteiger partial charge in [0.2, 0.25) is 0 Å². The topological polar surface area (TPSA) is 88.5 Å². The minimum atomic E-state index is -1.13. The van der Waals surface area contributed by atoms with Crippen LogP contribution in [0.1, 0.15) is 10.5 Å². The first-order valence-corrected chi connectivity index (χ1v) is 6.19. The number of nitrogens with zero attached hydrogens (tertiary/aromatic N) is 1. The zero-order valence-corrected chi connectivity index (χ0v) is 10.5. The van der Waals surface area contributed by atoms with E-state index in [1.807, 2.05) is 6.07 Å². The monoisotopic (exact) mass is 278 g/mol. The zero-order chi connectivity index (χ0) is 13.7. The fourth-order valence-corrected chi connectivity index (χ4v) is 1.95. The van der Waals surface area contributed by atoms with Gasteiger partial charge in [-0.3, -0.25) is 10.1 Å². The van der Waals surface area contributed by atoms with E-state index in [1.54, 1.807) is 24.3 Å². The van der Waals surface area contributed by atoms with Crippen molar-refractivity contribution in [1.29, 1.82) is 0 Å². The Morgan fingerprint density at radius 3 is 2.68 bits per heavy atom. The number of para-hydroxylation sites is 1. The molecule has 0 atom stereocenters. The molecule has 0 aliphatic heterocycles. The number of anilines is 1. The number of hydrogen-bond donors (Lipinski definition) is 2. The number of rotatable bonds is 5. The number of carbonyl (C=O) groups excluding carboxylic acids is 1. The predicted octanol–water partition coefficient (Wildman–Crippen LogP) is 1.86. The van der Waals surface area contributed by atoms with Crippen LogP contribution in [-0.4, -0.2) is 28.6 Å². The van der Waals surface area contributed by atoms with E-state index in [0.717, 1.165) is 11.3 Å². The van der Waals surface area contributed by atoms with Crippen molar-refractivity contribution in [2.45, 2.75) is 0 Å². The lowest BCUT2D eigenvalue weighted by molar-refractivity contribution is -0.118. The second kappa shape index (κ2) is 5.96. The average Bonchev–Trinajstić information content (AvgIpc) is 2.86. The van der Waals surface area contributed by atoms with Crippen molar-refractivity contribution in [3.8, 4) is 5.75 Å². The molecule has 1 aromatic carbocycles. The first-order chi connectivity index (χ1) is 9.15. The van der Waals surface area contributed by atoms with Crippen molar-refractivity contribution >= 4 is 28.3 Å². The molecule has 0 saturated heterocycles. The molecule has 1 amide bonds. The maximum Gasteiger partial charge on any atom is 0.355 e. The number of amides is 1. The molecule has 2 aromatic rings. The van der Waals surface area contributed by atoms with Gasteiger partial charge >= 0.3 is 5.97 Å². The molecule has 0 spiro atoms. The predicted molar refractivity (Wildman–Crippen MR) is 69.6 cm³/mol. The number of thiazole rings is 1. The molecule has 6 nitrogen and oxygen atoms in total. The highest BCUT2D eigenvalue weighted by molar-refractivity contribution is 7.14. The first-order valence-electron chi connectivity index (χ1n) is 5.31. The standard InChI is InChI=1S/C12H10N2O4S/c15-10(6-18-8-4-2-1-3-5-8)14-12-13-9(7-19-12)11(16)17/h1-5,7H,6H2,(H,16,17)(H,13,14,15). The summed E-state index contributed by atoms with van der Waals surface area (Å²) in [7, 11) is 0. The highest BCUT2D eigenvalue weighted by Crippen LogP contribution is 2.15. The van der Waals surface area contributed by atoms with Gasteiger partial charge in [0.25, 0.3) is 5.91 Å². The van der Waals surface area contributed by atoms with Crippen LogP contribution in [0.25, 0.3) is 0 Å². The summed E-state index contributed by atoms with van der Waals surface area (Å²) in [6.45, 7) is -0.161. The summed E-state index contributed by atoms with van der Waals surface area (Å²) >= 11 is 1.05. The van der Waals surface area contributed by atoms with Crippen molar-refractivity contribution < 1.29 is 19.4 Å². The Hall–Kier alpha value is -2.41. The SMILES string of the molecule is O=C(COc1ccccc1)Nc1nc(C(=O)O)cs1. The maximum atomic E-state index is 11.5. The van der Waals surface area contributed by atoms with Crippen LogP contribution in [-0.2, 0) is 4.79 Å². The Kier molecular flexibility index (Phi) is 4.09.